The highest BCUT2D eigenvalue weighted by Gasteiger charge is 2.22. The summed E-state index contributed by atoms with van der Waals surface area (Å²) in [6.07, 6.45) is 1.79. The van der Waals surface area contributed by atoms with Crippen LogP contribution in [-0.2, 0) is 0 Å². The summed E-state index contributed by atoms with van der Waals surface area (Å²) in [5.41, 5.74) is 3.05. The van der Waals surface area contributed by atoms with Crippen molar-refractivity contribution in [2.75, 3.05) is 0 Å². The van der Waals surface area contributed by atoms with E-state index in [-0.39, 0.29) is 12.0 Å². The lowest BCUT2D eigenvalue weighted by Crippen LogP contribution is -2.15. The minimum absolute atomic E-state index is 0.171. The number of hydrogen-bond donors (Lipinski definition) is 0. The van der Waals surface area contributed by atoms with Gasteiger partial charge in [-0.1, -0.05) is 73.2 Å². The molecule has 0 fully saturated rings. The highest BCUT2D eigenvalue weighted by molar-refractivity contribution is 5.88. The van der Waals surface area contributed by atoms with Gasteiger partial charge in [0.2, 0.25) is 0 Å². The lowest BCUT2D eigenvalue weighted by atomic mass is 10.0. The topological polar surface area (TPSA) is 39.9 Å². The largest absolute Gasteiger partial charge is 0.483 e. The standard InChI is InChI=1S/C23H23N3O/c1-16(2)23(27-22-10-6-8-18-7-4-5-9-20(18)22)21-15-26(25-24-21)19-13-11-17(3)12-14-19/h4-16,23H,1-3H3. The van der Waals surface area contributed by atoms with Crippen LogP contribution in [0.1, 0.15) is 31.2 Å². The molecule has 0 radical (unpaired) electrons. The summed E-state index contributed by atoms with van der Waals surface area (Å²) >= 11 is 0. The molecule has 136 valence electrons. The van der Waals surface area contributed by atoms with Crippen LogP contribution in [0.15, 0.2) is 72.9 Å². The maximum Gasteiger partial charge on any atom is 0.146 e. The van der Waals surface area contributed by atoms with Crippen LogP contribution in [-0.4, -0.2) is 15.0 Å². The summed E-state index contributed by atoms with van der Waals surface area (Å²) in [5, 5.41) is 11.0. The first-order valence-electron chi connectivity index (χ1n) is 9.25. The number of fused-ring (bicyclic) bond motifs is 1. The smallest absolute Gasteiger partial charge is 0.146 e. The average molecular weight is 357 g/mol. The minimum atomic E-state index is -0.171. The zero-order valence-corrected chi connectivity index (χ0v) is 15.8. The zero-order chi connectivity index (χ0) is 18.8. The van der Waals surface area contributed by atoms with E-state index in [0.29, 0.717) is 0 Å². The van der Waals surface area contributed by atoms with Crippen LogP contribution < -0.4 is 4.74 Å². The second kappa shape index (κ2) is 7.23. The van der Waals surface area contributed by atoms with E-state index in [0.717, 1.165) is 22.5 Å². The third-order valence-corrected chi connectivity index (χ3v) is 4.71. The first-order valence-corrected chi connectivity index (χ1v) is 9.25. The van der Waals surface area contributed by atoms with Gasteiger partial charge in [0.05, 0.1) is 11.9 Å². The number of hydrogen-bond acceptors (Lipinski definition) is 3. The van der Waals surface area contributed by atoms with E-state index in [1.54, 1.807) is 4.68 Å². The van der Waals surface area contributed by atoms with E-state index in [4.69, 9.17) is 4.74 Å². The van der Waals surface area contributed by atoms with Crippen LogP contribution in [0, 0.1) is 12.8 Å². The number of aromatic nitrogens is 3. The van der Waals surface area contributed by atoms with E-state index in [1.165, 1.54) is 10.9 Å². The third-order valence-electron chi connectivity index (χ3n) is 4.71. The Morgan fingerprint density at radius 3 is 2.41 bits per heavy atom. The number of rotatable bonds is 5. The van der Waals surface area contributed by atoms with Gasteiger partial charge >= 0.3 is 0 Å². The maximum absolute atomic E-state index is 6.43. The zero-order valence-electron chi connectivity index (χ0n) is 15.8. The molecule has 0 amide bonds. The molecular weight excluding hydrogens is 334 g/mol. The molecule has 27 heavy (non-hydrogen) atoms. The van der Waals surface area contributed by atoms with Crippen LogP contribution in [0.2, 0.25) is 0 Å². The molecule has 4 nitrogen and oxygen atoms in total. The minimum Gasteiger partial charge on any atom is -0.483 e. The van der Waals surface area contributed by atoms with Crippen LogP contribution in [0.5, 0.6) is 5.75 Å². The van der Waals surface area contributed by atoms with E-state index >= 15 is 0 Å². The molecule has 1 atom stereocenters. The molecule has 0 spiro atoms. The number of benzene rings is 3. The van der Waals surface area contributed by atoms with Crippen molar-refractivity contribution in [2.45, 2.75) is 26.9 Å². The van der Waals surface area contributed by atoms with E-state index in [1.807, 2.05) is 42.6 Å². The van der Waals surface area contributed by atoms with Gasteiger partial charge in [0.15, 0.2) is 0 Å². The van der Waals surface area contributed by atoms with Crippen molar-refractivity contribution >= 4 is 10.8 Å². The molecule has 1 aromatic heterocycles. The Balaban J connectivity index is 1.66. The van der Waals surface area contributed by atoms with Crippen molar-refractivity contribution < 1.29 is 4.74 Å². The molecule has 0 aliphatic rings. The van der Waals surface area contributed by atoms with Crippen molar-refractivity contribution in [3.63, 3.8) is 0 Å². The highest BCUT2D eigenvalue weighted by atomic mass is 16.5. The fourth-order valence-corrected chi connectivity index (χ4v) is 3.20. The van der Waals surface area contributed by atoms with Crippen LogP contribution in [0.25, 0.3) is 16.5 Å². The van der Waals surface area contributed by atoms with Crippen molar-refractivity contribution in [3.8, 4) is 11.4 Å². The van der Waals surface area contributed by atoms with Gasteiger partial charge in [-0.2, -0.15) is 0 Å². The average Bonchev–Trinajstić information content (AvgIpc) is 3.16. The van der Waals surface area contributed by atoms with Gasteiger partial charge in [0.1, 0.15) is 17.5 Å². The third kappa shape index (κ3) is 3.56. The van der Waals surface area contributed by atoms with Gasteiger partial charge in [-0.05, 0) is 36.4 Å². The van der Waals surface area contributed by atoms with Crippen molar-refractivity contribution in [1.82, 2.24) is 15.0 Å². The summed E-state index contributed by atoms with van der Waals surface area (Å²) in [6.45, 7) is 6.35. The van der Waals surface area contributed by atoms with Crippen LogP contribution in [0.4, 0.5) is 0 Å². The van der Waals surface area contributed by atoms with Gasteiger partial charge in [0.25, 0.3) is 0 Å². The molecule has 0 aliphatic heterocycles. The predicted molar refractivity (Wildman–Crippen MR) is 108 cm³/mol. The molecule has 0 aliphatic carbocycles. The Kier molecular flexibility index (Phi) is 4.63. The second-order valence-electron chi connectivity index (χ2n) is 7.18. The molecule has 0 bridgehead atoms. The molecule has 4 rings (SSSR count). The van der Waals surface area contributed by atoms with Crippen molar-refractivity contribution in [3.05, 3.63) is 84.2 Å². The Morgan fingerprint density at radius 2 is 1.63 bits per heavy atom. The summed E-state index contributed by atoms with van der Waals surface area (Å²) in [5.74, 6) is 1.13. The number of ether oxygens (including phenoxy) is 1. The van der Waals surface area contributed by atoms with Gasteiger partial charge in [-0.25, -0.2) is 4.68 Å². The quantitative estimate of drug-likeness (QED) is 0.473. The molecule has 4 heteroatoms. The Labute approximate surface area is 159 Å². The highest BCUT2D eigenvalue weighted by Crippen LogP contribution is 2.32. The van der Waals surface area contributed by atoms with Gasteiger partial charge in [-0.3, -0.25) is 0 Å². The Hall–Kier alpha value is -3.14. The van der Waals surface area contributed by atoms with Gasteiger partial charge in [-0.15, -0.1) is 5.10 Å². The Morgan fingerprint density at radius 1 is 0.889 bits per heavy atom. The lowest BCUT2D eigenvalue weighted by molar-refractivity contribution is 0.151. The molecular formula is C23H23N3O. The molecule has 4 aromatic rings. The SMILES string of the molecule is Cc1ccc(-n2cc(C(Oc3cccc4ccccc34)C(C)C)nn2)cc1. The Bertz CT molecular complexity index is 1050. The fraction of sp³-hybridized carbons (Fsp3) is 0.217. The van der Waals surface area contributed by atoms with E-state index < -0.39 is 0 Å². The first kappa shape index (κ1) is 17.3. The fourth-order valence-electron chi connectivity index (χ4n) is 3.20. The number of nitrogens with zero attached hydrogens (tertiary/aromatic N) is 3. The normalized spacial score (nSPS) is 12.4. The van der Waals surface area contributed by atoms with E-state index in [2.05, 4.69) is 61.4 Å². The first-order chi connectivity index (χ1) is 13.1. The van der Waals surface area contributed by atoms with Crippen LogP contribution >= 0.6 is 0 Å². The molecule has 0 saturated carbocycles. The van der Waals surface area contributed by atoms with Crippen molar-refractivity contribution in [2.24, 2.45) is 5.92 Å². The molecule has 0 N–H and O–H groups in total. The second-order valence-corrected chi connectivity index (χ2v) is 7.18. The summed E-state index contributed by atoms with van der Waals surface area (Å²) < 4.78 is 8.23. The van der Waals surface area contributed by atoms with Gasteiger partial charge in [0, 0.05) is 5.39 Å². The molecule has 1 unspecified atom stereocenters. The van der Waals surface area contributed by atoms with E-state index in [9.17, 15) is 0 Å². The monoisotopic (exact) mass is 357 g/mol. The molecule has 3 aromatic carbocycles. The van der Waals surface area contributed by atoms with Crippen molar-refractivity contribution in [1.29, 1.82) is 0 Å². The molecule has 0 saturated heterocycles. The summed E-state index contributed by atoms with van der Waals surface area (Å²) in [6, 6.07) is 22.6. The summed E-state index contributed by atoms with van der Waals surface area (Å²) in [4.78, 5) is 0. The summed E-state index contributed by atoms with van der Waals surface area (Å²) in [7, 11) is 0. The number of aryl methyl sites for hydroxylation is 1. The van der Waals surface area contributed by atoms with Crippen LogP contribution in [0.3, 0.4) is 0 Å². The molecule has 1 heterocycles. The lowest BCUT2D eigenvalue weighted by Gasteiger charge is -2.21. The maximum atomic E-state index is 6.43. The van der Waals surface area contributed by atoms with Gasteiger partial charge < -0.3 is 4.74 Å². The predicted octanol–water partition coefficient (Wildman–Crippen LogP) is 5.51.